The maximum Gasteiger partial charge on any atom is 0.251 e. The SMILES string of the molecule is Cc1nn(-c2cc(F)c(C#N)c(CC3CCC(O)CC3)c2)c2c1C=CC(C)(C)C2.Cc1nn(-c2cc(F)c(C#N)c(F)c2)c2c1C=CC(C)(C)C2.Cc1nn(-c2cc(F)c(C(N)=O)c(CC3CCC(O)CC3)c2)c2c1C=CC(C)(C)C2.NC1CCC(O)CC1. The van der Waals surface area contributed by atoms with Crippen LogP contribution in [0.25, 0.3) is 35.3 Å². The van der Waals surface area contributed by atoms with Gasteiger partial charge in [-0.2, -0.15) is 25.8 Å². The number of aryl methyl sites for hydroxylation is 3. The molecule has 472 valence electrons. The number of nitrogens with two attached hydrogens (primary N) is 2. The van der Waals surface area contributed by atoms with Gasteiger partial charge in [-0.3, -0.25) is 4.79 Å². The Morgan fingerprint density at radius 2 is 0.831 bits per heavy atom. The van der Waals surface area contributed by atoms with Crippen molar-refractivity contribution < 1.29 is 37.7 Å². The fourth-order valence-electron chi connectivity index (χ4n) is 13.4. The third-order valence-corrected chi connectivity index (χ3v) is 18.5. The maximum atomic E-state index is 15.1. The van der Waals surface area contributed by atoms with Crippen molar-refractivity contribution >= 4 is 24.1 Å². The molecule has 14 nitrogen and oxygen atoms in total. The molecule has 0 saturated heterocycles. The summed E-state index contributed by atoms with van der Waals surface area (Å²) in [6, 6.07) is 12.9. The van der Waals surface area contributed by atoms with Crippen LogP contribution in [0, 0.1) is 94.8 Å². The van der Waals surface area contributed by atoms with Gasteiger partial charge >= 0.3 is 0 Å². The number of amides is 1. The molecule has 89 heavy (non-hydrogen) atoms. The molecule has 3 aromatic heterocycles. The van der Waals surface area contributed by atoms with Crippen LogP contribution in [0.3, 0.4) is 0 Å². The van der Waals surface area contributed by atoms with Crippen LogP contribution in [-0.2, 0) is 32.1 Å². The summed E-state index contributed by atoms with van der Waals surface area (Å²) >= 11 is 0. The highest BCUT2D eigenvalue weighted by atomic mass is 19.1. The minimum Gasteiger partial charge on any atom is -0.393 e. The minimum atomic E-state index is -0.870. The first-order valence-electron chi connectivity index (χ1n) is 31.4. The minimum absolute atomic E-state index is 0.00526. The van der Waals surface area contributed by atoms with Crippen LogP contribution in [0.15, 0.2) is 54.6 Å². The largest absolute Gasteiger partial charge is 0.393 e. The molecule has 0 radical (unpaired) electrons. The molecule has 6 aliphatic rings. The van der Waals surface area contributed by atoms with Gasteiger partial charge in [0, 0.05) is 47.0 Å². The Kier molecular flexibility index (Phi) is 20.0. The predicted octanol–water partition coefficient (Wildman–Crippen LogP) is 13.2. The number of aromatic nitrogens is 6. The van der Waals surface area contributed by atoms with Crippen LogP contribution in [0.2, 0.25) is 0 Å². The molecule has 7 N–H and O–H groups in total. The van der Waals surface area contributed by atoms with Crippen LogP contribution in [0.5, 0.6) is 0 Å². The molecule has 0 spiro atoms. The van der Waals surface area contributed by atoms with E-state index in [1.165, 1.54) is 18.2 Å². The first kappa shape index (κ1) is 66.0. The number of hydrogen-bond acceptors (Lipinski definition) is 10. The molecule has 3 aromatic carbocycles. The maximum absolute atomic E-state index is 15.1. The predicted molar refractivity (Wildman–Crippen MR) is 338 cm³/mol. The van der Waals surface area contributed by atoms with Gasteiger partial charge in [-0.1, -0.05) is 78.0 Å². The molecule has 6 aromatic rings. The molecule has 0 atom stereocenters. The van der Waals surface area contributed by atoms with Crippen molar-refractivity contribution in [3.63, 3.8) is 0 Å². The Balaban J connectivity index is 0.000000150. The summed E-state index contributed by atoms with van der Waals surface area (Å²) in [6.07, 6.45) is 26.2. The zero-order chi connectivity index (χ0) is 64.4. The number of carbonyl (C=O) groups excluding carboxylic acids is 1. The van der Waals surface area contributed by atoms with E-state index in [1.807, 2.05) is 48.3 Å². The van der Waals surface area contributed by atoms with Crippen LogP contribution in [0.1, 0.15) is 202 Å². The van der Waals surface area contributed by atoms with Gasteiger partial charge in [0.05, 0.1) is 80.7 Å². The topological polar surface area (TPSA) is 231 Å². The Morgan fingerprint density at radius 3 is 1.18 bits per heavy atom. The molecule has 3 saturated carbocycles. The molecule has 12 rings (SSSR count). The normalized spacial score (nSPS) is 22.5. The van der Waals surface area contributed by atoms with E-state index in [0.717, 1.165) is 165 Å². The molecule has 0 unspecified atom stereocenters. The summed E-state index contributed by atoms with van der Waals surface area (Å²) in [5, 5.41) is 60.6. The van der Waals surface area contributed by atoms with Crippen molar-refractivity contribution in [2.24, 2.45) is 39.5 Å². The van der Waals surface area contributed by atoms with Gasteiger partial charge in [-0.05, 0) is 181 Å². The first-order chi connectivity index (χ1) is 42.0. The van der Waals surface area contributed by atoms with Gasteiger partial charge in [0.15, 0.2) is 0 Å². The van der Waals surface area contributed by atoms with E-state index in [0.29, 0.717) is 53.3 Å². The fraction of sp³-hybridized carbons (Fsp3) is 0.493. The Hall–Kier alpha value is -7.48. The van der Waals surface area contributed by atoms with Crippen LogP contribution in [0.4, 0.5) is 17.6 Å². The average molecular weight is 1220 g/mol. The van der Waals surface area contributed by atoms with E-state index in [2.05, 4.69) is 83.1 Å². The molecule has 0 bridgehead atoms. The lowest BCUT2D eigenvalue weighted by atomic mass is 9.81. The second kappa shape index (κ2) is 26.9. The number of rotatable bonds is 8. The molecule has 3 heterocycles. The van der Waals surface area contributed by atoms with E-state index >= 15 is 4.39 Å². The summed E-state index contributed by atoms with van der Waals surface area (Å²) in [5.74, 6) is -2.89. The smallest absolute Gasteiger partial charge is 0.251 e. The summed E-state index contributed by atoms with van der Waals surface area (Å²) in [5.41, 5.74) is 22.5. The van der Waals surface area contributed by atoms with E-state index in [9.17, 15) is 33.4 Å². The number of carbonyl (C=O) groups is 1. The van der Waals surface area contributed by atoms with Gasteiger partial charge in [0.25, 0.3) is 5.91 Å². The summed E-state index contributed by atoms with van der Waals surface area (Å²) < 4.78 is 62.9. The fourth-order valence-corrected chi connectivity index (χ4v) is 13.4. The van der Waals surface area contributed by atoms with Crippen LogP contribution >= 0.6 is 0 Å². The number of hydrogen-bond donors (Lipinski definition) is 5. The lowest BCUT2D eigenvalue weighted by Gasteiger charge is -2.27. The zero-order valence-electron chi connectivity index (χ0n) is 52.9. The number of aliphatic hydroxyl groups excluding tert-OH is 3. The monoisotopic (exact) mass is 1220 g/mol. The van der Waals surface area contributed by atoms with E-state index < -0.39 is 34.7 Å². The first-order valence-corrected chi connectivity index (χ1v) is 31.4. The van der Waals surface area contributed by atoms with Crippen LogP contribution < -0.4 is 11.5 Å². The van der Waals surface area contributed by atoms with Crippen molar-refractivity contribution in [1.82, 2.24) is 29.3 Å². The van der Waals surface area contributed by atoms with Gasteiger partial charge in [-0.25, -0.2) is 31.6 Å². The molecular weight excluding hydrogens is 1130 g/mol. The molecule has 3 fully saturated rings. The zero-order valence-corrected chi connectivity index (χ0v) is 52.9. The van der Waals surface area contributed by atoms with E-state index in [4.69, 9.17) is 32.0 Å². The third kappa shape index (κ3) is 15.4. The Bertz CT molecular complexity index is 3760. The number of fused-ring (bicyclic) bond motifs is 3. The number of nitriles is 2. The number of aliphatic hydroxyl groups is 3. The van der Waals surface area contributed by atoms with Gasteiger partial charge in [0.1, 0.15) is 41.0 Å². The van der Waals surface area contributed by atoms with Crippen molar-refractivity contribution in [3.8, 4) is 29.2 Å². The van der Waals surface area contributed by atoms with Crippen molar-refractivity contribution in [3.05, 3.63) is 157 Å². The second-order valence-electron chi connectivity index (χ2n) is 27.7. The molecule has 1 amide bonds. The van der Waals surface area contributed by atoms with Crippen molar-refractivity contribution in [2.75, 3.05) is 0 Å². The lowest BCUT2D eigenvalue weighted by Crippen LogP contribution is -2.28. The Morgan fingerprint density at radius 1 is 0.517 bits per heavy atom. The van der Waals surface area contributed by atoms with Crippen LogP contribution in [-0.4, -0.2) is 74.9 Å². The standard InChI is InChI=1S/C24H30FN3O2.C24H28FN3O.C17H15F2N3.C6H13NO/c1-14-19-8-9-24(2,3)13-21(19)28(27-14)17-11-16(22(23(26)30)20(25)12-17)10-15-4-6-18(29)7-5-15;1-15-20-8-9-24(2,3)13-23(20)28(27-15)18-11-17(21(14-26)22(25)12-18)10-16-4-6-19(29)7-5-16;1-10-12-4-5-17(2,3)8-16(12)22(21-10)11-6-14(18)13(9-20)15(19)7-11;7-5-1-3-6(8)4-2-5/h8-9,11-12,15,18,29H,4-7,10,13H2,1-3H3,(H2,26,30);8-9,11-12,16,19,29H,4-7,10,13H2,1-3H3;4-7H,8H2,1-3H3;5-6,8H,1-4,7H2. The Labute approximate surface area is 520 Å². The van der Waals surface area contributed by atoms with Crippen molar-refractivity contribution in [1.29, 1.82) is 10.5 Å². The third-order valence-electron chi connectivity index (χ3n) is 18.5. The molecule has 6 aliphatic carbocycles. The number of allylic oxidation sites excluding steroid dienone is 3. The van der Waals surface area contributed by atoms with E-state index in [-0.39, 0.29) is 45.7 Å². The summed E-state index contributed by atoms with van der Waals surface area (Å²) in [6.45, 7) is 18.7. The summed E-state index contributed by atoms with van der Waals surface area (Å²) in [4.78, 5) is 12.0. The molecular formula is C71H86F4N10O4. The molecule has 18 heteroatoms. The number of benzene rings is 3. The second-order valence-corrected chi connectivity index (χ2v) is 27.7. The number of halogens is 4. The van der Waals surface area contributed by atoms with Gasteiger partial charge in [-0.15, -0.1) is 0 Å². The number of nitrogens with zero attached hydrogens (tertiary/aromatic N) is 8. The highest BCUT2D eigenvalue weighted by Crippen LogP contribution is 2.40. The molecule has 0 aliphatic heterocycles. The summed E-state index contributed by atoms with van der Waals surface area (Å²) in [7, 11) is 0. The van der Waals surface area contributed by atoms with Crippen molar-refractivity contribution in [2.45, 2.75) is 196 Å². The highest BCUT2D eigenvalue weighted by Gasteiger charge is 2.32. The van der Waals surface area contributed by atoms with Gasteiger partial charge in [0.2, 0.25) is 0 Å². The van der Waals surface area contributed by atoms with E-state index in [1.54, 1.807) is 4.68 Å². The van der Waals surface area contributed by atoms with Gasteiger partial charge < -0.3 is 26.8 Å². The average Bonchev–Trinajstić information content (AvgIpc) is 2.99. The highest BCUT2D eigenvalue weighted by molar-refractivity contribution is 5.95. The quantitative estimate of drug-likeness (QED) is 0.0905. The lowest BCUT2D eigenvalue weighted by molar-refractivity contribution is 0.0990. The number of primary amides is 1.